The second-order valence-electron chi connectivity index (χ2n) is 7.96. The molecule has 0 radical (unpaired) electrons. The quantitative estimate of drug-likeness (QED) is 0.378. The molecule has 4 N–H and O–H groups in total. The van der Waals surface area contributed by atoms with Crippen LogP contribution in [-0.4, -0.2) is 48.4 Å². The lowest BCUT2D eigenvalue weighted by atomic mass is 10.0. The smallest absolute Gasteiger partial charge is 0.407 e. The number of hydrogen-bond acceptors (Lipinski definition) is 5. The molecule has 8 nitrogen and oxygen atoms in total. The van der Waals surface area contributed by atoms with E-state index in [-0.39, 0.29) is 12.6 Å². The van der Waals surface area contributed by atoms with Crippen LogP contribution in [0.3, 0.4) is 0 Å². The molecule has 2 atom stereocenters. The number of furan rings is 1. The Kier molecular flexibility index (Phi) is 9.31. The predicted octanol–water partition coefficient (Wildman–Crippen LogP) is 2.74. The van der Waals surface area contributed by atoms with Crippen molar-refractivity contribution >= 4 is 12.1 Å². The van der Waals surface area contributed by atoms with E-state index in [4.69, 9.17) is 9.15 Å². The minimum atomic E-state index is -1.20. The van der Waals surface area contributed by atoms with Gasteiger partial charge in [0.1, 0.15) is 17.0 Å². The highest BCUT2D eigenvalue weighted by Crippen LogP contribution is 2.21. The molecule has 8 heteroatoms. The highest BCUT2D eigenvalue weighted by molar-refractivity contribution is 5.80. The third kappa shape index (κ3) is 9.12. The van der Waals surface area contributed by atoms with Crippen molar-refractivity contribution in [2.24, 2.45) is 4.99 Å². The highest BCUT2D eigenvalue weighted by Gasteiger charge is 2.26. The zero-order valence-electron chi connectivity index (χ0n) is 18.0. The van der Waals surface area contributed by atoms with E-state index in [1.807, 2.05) is 27.7 Å². The molecule has 0 spiro atoms. The van der Waals surface area contributed by atoms with Crippen LogP contribution in [0.15, 0.2) is 27.8 Å². The average molecular weight is 397 g/mol. The zero-order chi connectivity index (χ0) is 21.2. The highest BCUT2D eigenvalue weighted by atomic mass is 16.6. The monoisotopic (exact) mass is 396 g/mol. The van der Waals surface area contributed by atoms with Gasteiger partial charge in [-0.3, -0.25) is 0 Å². The topological polar surface area (TPSA) is 108 Å². The van der Waals surface area contributed by atoms with Gasteiger partial charge in [-0.15, -0.1) is 0 Å². The summed E-state index contributed by atoms with van der Waals surface area (Å²) in [4.78, 5) is 16.5. The van der Waals surface area contributed by atoms with Crippen LogP contribution in [0, 0.1) is 0 Å². The summed E-state index contributed by atoms with van der Waals surface area (Å²) >= 11 is 0. The first-order valence-corrected chi connectivity index (χ1v) is 9.85. The lowest BCUT2D eigenvalue weighted by Gasteiger charge is -2.24. The van der Waals surface area contributed by atoms with Crippen molar-refractivity contribution in [3.05, 3.63) is 24.2 Å². The van der Waals surface area contributed by atoms with Crippen molar-refractivity contribution in [1.82, 2.24) is 16.0 Å². The van der Waals surface area contributed by atoms with Crippen LogP contribution in [0.4, 0.5) is 4.79 Å². The molecule has 2 unspecified atom stereocenters. The molecule has 1 aromatic heterocycles. The predicted molar refractivity (Wildman–Crippen MR) is 110 cm³/mol. The van der Waals surface area contributed by atoms with Crippen molar-refractivity contribution in [3.63, 3.8) is 0 Å². The van der Waals surface area contributed by atoms with Gasteiger partial charge < -0.3 is 30.2 Å². The molecule has 0 saturated carbocycles. The number of ether oxygens (including phenoxy) is 1. The molecule has 0 aliphatic rings. The lowest BCUT2D eigenvalue weighted by Crippen LogP contribution is -2.48. The van der Waals surface area contributed by atoms with Gasteiger partial charge >= 0.3 is 6.09 Å². The summed E-state index contributed by atoms with van der Waals surface area (Å²) in [5.41, 5.74) is -1.74. The molecule has 0 aliphatic heterocycles. The van der Waals surface area contributed by atoms with Gasteiger partial charge in [-0.1, -0.05) is 13.3 Å². The Balaban J connectivity index is 2.68. The summed E-state index contributed by atoms with van der Waals surface area (Å²) in [6, 6.07) is 3.35. The van der Waals surface area contributed by atoms with Crippen LogP contribution in [0.1, 0.15) is 60.1 Å². The fraction of sp³-hybridized carbons (Fsp3) is 0.700. The fourth-order valence-corrected chi connectivity index (χ4v) is 2.51. The summed E-state index contributed by atoms with van der Waals surface area (Å²) in [5.74, 6) is 1.02. The Morgan fingerprint density at radius 1 is 1.29 bits per heavy atom. The van der Waals surface area contributed by atoms with E-state index in [1.165, 1.54) is 6.26 Å². The van der Waals surface area contributed by atoms with E-state index in [0.717, 1.165) is 12.8 Å². The summed E-state index contributed by atoms with van der Waals surface area (Å²) in [6.07, 6.45) is 2.81. The number of carbonyl (C=O) groups is 1. The minimum Gasteiger partial charge on any atom is -0.466 e. The number of alkyl carbamates (subject to hydrolysis) is 1. The third-order valence-electron chi connectivity index (χ3n) is 3.82. The number of amides is 1. The lowest BCUT2D eigenvalue weighted by molar-refractivity contribution is 0.0437. The fourth-order valence-electron chi connectivity index (χ4n) is 2.51. The van der Waals surface area contributed by atoms with Gasteiger partial charge in [0.05, 0.1) is 12.8 Å². The van der Waals surface area contributed by atoms with Crippen molar-refractivity contribution in [2.45, 2.75) is 71.6 Å². The van der Waals surface area contributed by atoms with Gasteiger partial charge in [0.25, 0.3) is 0 Å². The Bertz CT molecular complexity index is 606. The van der Waals surface area contributed by atoms with Gasteiger partial charge in [0.15, 0.2) is 5.96 Å². The van der Waals surface area contributed by atoms with Gasteiger partial charge in [0, 0.05) is 19.1 Å². The van der Waals surface area contributed by atoms with Crippen molar-refractivity contribution in [1.29, 1.82) is 0 Å². The molecule has 0 aromatic carbocycles. The molecule has 28 heavy (non-hydrogen) atoms. The number of aliphatic imine (C=N–C) groups is 1. The van der Waals surface area contributed by atoms with Gasteiger partial charge in [-0.2, -0.15) is 0 Å². The number of carbonyl (C=O) groups excluding carboxylic acids is 1. The number of aliphatic hydroxyl groups is 1. The average Bonchev–Trinajstić information content (AvgIpc) is 3.11. The molecule has 0 bridgehead atoms. The van der Waals surface area contributed by atoms with Crippen LogP contribution in [-0.2, 0) is 10.3 Å². The molecule has 0 fully saturated rings. The van der Waals surface area contributed by atoms with Crippen LogP contribution >= 0.6 is 0 Å². The molecule has 0 aliphatic carbocycles. The second kappa shape index (κ2) is 10.9. The maximum atomic E-state index is 12.1. The third-order valence-corrected chi connectivity index (χ3v) is 3.82. The van der Waals surface area contributed by atoms with Gasteiger partial charge in [-0.25, -0.2) is 9.79 Å². The Labute approximate surface area is 168 Å². The van der Waals surface area contributed by atoms with E-state index in [0.29, 0.717) is 24.8 Å². The largest absolute Gasteiger partial charge is 0.466 e. The molecule has 0 saturated heterocycles. The van der Waals surface area contributed by atoms with E-state index >= 15 is 0 Å². The summed E-state index contributed by atoms with van der Waals surface area (Å²) in [5, 5.41) is 19.8. The first kappa shape index (κ1) is 23.8. The molecule has 1 amide bonds. The number of rotatable bonds is 9. The Morgan fingerprint density at radius 2 is 2.00 bits per heavy atom. The number of guanidine groups is 1. The van der Waals surface area contributed by atoms with E-state index in [9.17, 15) is 9.90 Å². The van der Waals surface area contributed by atoms with Crippen LogP contribution in [0.5, 0.6) is 0 Å². The van der Waals surface area contributed by atoms with Crippen LogP contribution in [0.25, 0.3) is 0 Å². The van der Waals surface area contributed by atoms with E-state index in [2.05, 4.69) is 27.9 Å². The standard InChI is InChI=1S/C20H36N4O4/c1-7-10-15(24-18(25)28-19(3,4)5)13-22-17(21-8-2)23-14-20(6,26)16-11-9-12-27-16/h9,11-12,15,26H,7-8,10,13-14H2,1-6H3,(H,24,25)(H2,21,22,23). The van der Waals surface area contributed by atoms with Crippen molar-refractivity contribution in [2.75, 3.05) is 19.6 Å². The first-order valence-electron chi connectivity index (χ1n) is 9.85. The molecule has 1 aromatic rings. The maximum Gasteiger partial charge on any atom is 0.407 e. The summed E-state index contributed by atoms with van der Waals surface area (Å²) < 4.78 is 10.6. The van der Waals surface area contributed by atoms with Gasteiger partial charge in [0.2, 0.25) is 0 Å². The summed E-state index contributed by atoms with van der Waals surface area (Å²) in [6.45, 7) is 12.5. The van der Waals surface area contributed by atoms with Crippen molar-refractivity contribution < 1.29 is 19.1 Å². The number of nitrogens with zero attached hydrogens (tertiary/aromatic N) is 1. The van der Waals surface area contributed by atoms with Crippen LogP contribution in [0.2, 0.25) is 0 Å². The SMILES string of the molecule is CCCC(CNC(=NCC(C)(O)c1ccco1)NCC)NC(=O)OC(C)(C)C. The second-order valence-corrected chi connectivity index (χ2v) is 7.96. The molecule has 1 rings (SSSR count). The van der Waals surface area contributed by atoms with Crippen LogP contribution < -0.4 is 16.0 Å². The van der Waals surface area contributed by atoms with Crippen molar-refractivity contribution in [3.8, 4) is 0 Å². The molecular weight excluding hydrogens is 360 g/mol. The minimum absolute atomic E-state index is 0.103. The van der Waals surface area contributed by atoms with E-state index < -0.39 is 17.3 Å². The number of nitrogens with one attached hydrogen (secondary N) is 3. The molecular formula is C20H36N4O4. The molecule has 160 valence electrons. The molecule has 1 heterocycles. The Hall–Kier alpha value is -2.22. The summed E-state index contributed by atoms with van der Waals surface area (Å²) in [7, 11) is 0. The Morgan fingerprint density at radius 3 is 2.54 bits per heavy atom. The maximum absolute atomic E-state index is 12.1. The zero-order valence-corrected chi connectivity index (χ0v) is 18.0. The van der Waals surface area contributed by atoms with E-state index in [1.54, 1.807) is 19.1 Å². The number of hydrogen-bond donors (Lipinski definition) is 4. The first-order chi connectivity index (χ1) is 13.1. The van der Waals surface area contributed by atoms with Gasteiger partial charge in [-0.05, 0) is 53.2 Å². The normalized spacial score (nSPS) is 15.5.